The van der Waals surface area contributed by atoms with E-state index in [1.54, 1.807) is 0 Å². The minimum absolute atomic E-state index is 0.0882. The highest BCUT2D eigenvalue weighted by molar-refractivity contribution is 5.74. The van der Waals surface area contributed by atoms with Crippen LogP contribution in [0.2, 0.25) is 0 Å². The molecule has 2 rings (SSSR count). The standard InChI is InChI=1S/C14H23N5O.C2HF3O2/c15-7-3-9-17-14(20)18-12-5-10-19(11-6-12)13-4-1-2-8-16-13;3-2(4,5)1(6)7/h1-2,4,8,12H,3,5-7,9-11,15H2,(H2,17,18,20);(H,6,7). The Morgan fingerprint density at radius 1 is 1.30 bits per heavy atom. The molecule has 0 atom stereocenters. The number of nitrogens with zero attached hydrogens (tertiary/aromatic N) is 2. The third-order valence-corrected chi connectivity index (χ3v) is 3.71. The highest BCUT2D eigenvalue weighted by Gasteiger charge is 2.38. The Hall–Kier alpha value is -2.56. The number of carbonyl (C=O) groups excluding carboxylic acids is 1. The zero-order valence-electron chi connectivity index (χ0n) is 14.7. The summed E-state index contributed by atoms with van der Waals surface area (Å²) in [5, 5.41) is 13.0. The second kappa shape index (κ2) is 11.2. The molecule has 1 saturated heterocycles. The predicted molar refractivity (Wildman–Crippen MR) is 93.4 cm³/mol. The van der Waals surface area contributed by atoms with Gasteiger partial charge >= 0.3 is 18.2 Å². The van der Waals surface area contributed by atoms with Crippen molar-refractivity contribution in [2.75, 3.05) is 31.1 Å². The van der Waals surface area contributed by atoms with Crippen LogP contribution in [0.15, 0.2) is 24.4 Å². The lowest BCUT2D eigenvalue weighted by Crippen LogP contribution is -2.48. The molecule has 11 heteroatoms. The molecule has 1 aromatic heterocycles. The molecule has 0 saturated carbocycles. The van der Waals surface area contributed by atoms with Crippen LogP contribution in [-0.4, -0.2) is 60.5 Å². The smallest absolute Gasteiger partial charge is 0.475 e. The Kier molecular flexibility index (Phi) is 9.34. The van der Waals surface area contributed by atoms with Crippen LogP contribution in [0.1, 0.15) is 19.3 Å². The number of hydrogen-bond donors (Lipinski definition) is 4. The number of aliphatic carboxylic acids is 1. The van der Waals surface area contributed by atoms with Crippen molar-refractivity contribution in [2.45, 2.75) is 31.5 Å². The number of anilines is 1. The number of nitrogens with one attached hydrogen (secondary N) is 2. The molecule has 1 aliphatic rings. The number of urea groups is 1. The van der Waals surface area contributed by atoms with Crippen LogP contribution in [0, 0.1) is 0 Å². The highest BCUT2D eigenvalue weighted by atomic mass is 19.4. The van der Waals surface area contributed by atoms with Crippen LogP contribution in [0.25, 0.3) is 0 Å². The van der Waals surface area contributed by atoms with Crippen LogP contribution >= 0.6 is 0 Å². The van der Waals surface area contributed by atoms with Gasteiger partial charge in [-0.2, -0.15) is 13.2 Å². The summed E-state index contributed by atoms with van der Waals surface area (Å²) in [6, 6.07) is 6.09. The lowest BCUT2D eigenvalue weighted by atomic mass is 10.1. The summed E-state index contributed by atoms with van der Waals surface area (Å²) >= 11 is 0. The summed E-state index contributed by atoms with van der Waals surface area (Å²) in [5.41, 5.74) is 5.39. The molecule has 1 aliphatic heterocycles. The monoisotopic (exact) mass is 391 g/mol. The number of carboxylic acid groups (broad SMARTS) is 1. The largest absolute Gasteiger partial charge is 0.490 e. The topological polar surface area (TPSA) is 121 Å². The van der Waals surface area contributed by atoms with Gasteiger partial charge in [-0.05, 0) is 37.9 Å². The van der Waals surface area contributed by atoms with E-state index < -0.39 is 12.1 Å². The summed E-state index contributed by atoms with van der Waals surface area (Å²) in [5.74, 6) is -1.74. The van der Waals surface area contributed by atoms with Gasteiger partial charge in [0, 0.05) is 31.9 Å². The molecule has 0 aromatic carbocycles. The van der Waals surface area contributed by atoms with Crippen molar-refractivity contribution in [1.29, 1.82) is 0 Å². The van der Waals surface area contributed by atoms with Gasteiger partial charge in [0.25, 0.3) is 0 Å². The van der Waals surface area contributed by atoms with Gasteiger partial charge in [0.05, 0.1) is 0 Å². The normalized spacial score (nSPS) is 14.7. The Balaban J connectivity index is 0.000000445. The Bertz CT molecular complexity index is 578. The molecule has 1 fully saturated rings. The van der Waals surface area contributed by atoms with Crippen molar-refractivity contribution < 1.29 is 27.9 Å². The van der Waals surface area contributed by atoms with E-state index in [1.165, 1.54) is 0 Å². The first kappa shape index (κ1) is 22.5. The molecule has 1 aromatic rings. The molecule has 2 amide bonds. The molecule has 27 heavy (non-hydrogen) atoms. The number of halogens is 3. The third-order valence-electron chi connectivity index (χ3n) is 3.71. The predicted octanol–water partition coefficient (Wildman–Crippen LogP) is 1.33. The number of aromatic nitrogens is 1. The molecular formula is C16H24F3N5O3. The number of amides is 2. The zero-order chi connectivity index (χ0) is 20.3. The zero-order valence-corrected chi connectivity index (χ0v) is 14.7. The lowest BCUT2D eigenvalue weighted by Gasteiger charge is -2.33. The molecular weight excluding hydrogens is 367 g/mol. The van der Waals surface area contributed by atoms with Gasteiger partial charge in [-0.15, -0.1) is 0 Å². The number of piperidine rings is 1. The van der Waals surface area contributed by atoms with E-state index in [1.807, 2.05) is 24.4 Å². The van der Waals surface area contributed by atoms with Crippen LogP contribution in [0.4, 0.5) is 23.8 Å². The fourth-order valence-electron chi connectivity index (χ4n) is 2.33. The minimum atomic E-state index is -5.08. The molecule has 152 valence electrons. The molecule has 0 aliphatic carbocycles. The fraction of sp³-hybridized carbons (Fsp3) is 0.562. The maximum atomic E-state index is 11.6. The van der Waals surface area contributed by atoms with Gasteiger partial charge in [-0.1, -0.05) is 6.07 Å². The number of pyridine rings is 1. The van der Waals surface area contributed by atoms with Gasteiger partial charge in [0.1, 0.15) is 5.82 Å². The molecule has 0 unspecified atom stereocenters. The Morgan fingerprint density at radius 2 is 1.93 bits per heavy atom. The summed E-state index contributed by atoms with van der Waals surface area (Å²) in [6.07, 6.45) is -0.572. The van der Waals surface area contributed by atoms with Crippen molar-refractivity contribution >= 4 is 17.8 Å². The average Bonchev–Trinajstić information content (AvgIpc) is 2.63. The number of carboxylic acids is 1. The van der Waals surface area contributed by atoms with Gasteiger partial charge < -0.3 is 26.4 Å². The van der Waals surface area contributed by atoms with E-state index in [0.29, 0.717) is 13.1 Å². The van der Waals surface area contributed by atoms with Crippen molar-refractivity contribution in [3.05, 3.63) is 24.4 Å². The van der Waals surface area contributed by atoms with Crippen molar-refractivity contribution in [3.8, 4) is 0 Å². The summed E-state index contributed by atoms with van der Waals surface area (Å²) in [7, 11) is 0. The van der Waals surface area contributed by atoms with Crippen molar-refractivity contribution in [1.82, 2.24) is 15.6 Å². The van der Waals surface area contributed by atoms with E-state index in [4.69, 9.17) is 15.6 Å². The second-order valence-electron chi connectivity index (χ2n) is 5.79. The van der Waals surface area contributed by atoms with Crippen LogP contribution < -0.4 is 21.3 Å². The summed E-state index contributed by atoms with van der Waals surface area (Å²) < 4.78 is 31.7. The number of alkyl halides is 3. The summed E-state index contributed by atoms with van der Waals surface area (Å²) in [6.45, 7) is 3.08. The molecule has 0 bridgehead atoms. The minimum Gasteiger partial charge on any atom is -0.475 e. The quantitative estimate of drug-likeness (QED) is 0.562. The summed E-state index contributed by atoms with van der Waals surface area (Å²) in [4.78, 5) is 27.2. The Morgan fingerprint density at radius 3 is 2.41 bits per heavy atom. The van der Waals surface area contributed by atoms with Crippen LogP contribution in [-0.2, 0) is 4.79 Å². The fourth-order valence-corrected chi connectivity index (χ4v) is 2.33. The first-order valence-electron chi connectivity index (χ1n) is 8.44. The van der Waals surface area contributed by atoms with Gasteiger partial charge in [-0.25, -0.2) is 14.6 Å². The molecule has 0 spiro atoms. The van der Waals surface area contributed by atoms with Gasteiger partial charge in [-0.3, -0.25) is 0 Å². The van der Waals surface area contributed by atoms with Crippen molar-refractivity contribution in [2.24, 2.45) is 5.73 Å². The van der Waals surface area contributed by atoms with E-state index >= 15 is 0 Å². The first-order chi connectivity index (χ1) is 12.7. The second-order valence-corrected chi connectivity index (χ2v) is 5.79. The third kappa shape index (κ3) is 9.08. The van der Waals surface area contributed by atoms with E-state index in [9.17, 15) is 18.0 Å². The van der Waals surface area contributed by atoms with Crippen LogP contribution in [0.3, 0.4) is 0 Å². The van der Waals surface area contributed by atoms with Crippen molar-refractivity contribution in [3.63, 3.8) is 0 Å². The SMILES string of the molecule is NCCCNC(=O)NC1CCN(c2ccccn2)CC1.O=C(O)C(F)(F)F. The Labute approximate surface area is 154 Å². The molecule has 5 N–H and O–H groups in total. The first-order valence-corrected chi connectivity index (χ1v) is 8.44. The molecule has 2 heterocycles. The van der Waals surface area contributed by atoms with Gasteiger partial charge in [0.2, 0.25) is 0 Å². The van der Waals surface area contributed by atoms with E-state index in [0.717, 1.165) is 38.2 Å². The molecule has 0 radical (unpaired) electrons. The lowest BCUT2D eigenvalue weighted by molar-refractivity contribution is -0.192. The maximum absolute atomic E-state index is 11.6. The highest BCUT2D eigenvalue weighted by Crippen LogP contribution is 2.17. The molecule has 8 nitrogen and oxygen atoms in total. The van der Waals surface area contributed by atoms with E-state index in [2.05, 4.69) is 20.5 Å². The number of carbonyl (C=O) groups is 2. The number of rotatable bonds is 5. The van der Waals surface area contributed by atoms with E-state index in [-0.39, 0.29) is 12.1 Å². The maximum Gasteiger partial charge on any atom is 0.490 e. The van der Waals surface area contributed by atoms with Gasteiger partial charge in [0.15, 0.2) is 0 Å². The average molecular weight is 391 g/mol. The van der Waals surface area contributed by atoms with Crippen LogP contribution in [0.5, 0.6) is 0 Å². The number of nitrogens with two attached hydrogens (primary N) is 1. The number of hydrogen-bond acceptors (Lipinski definition) is 5.